The smallest absolute Gasteiger partial charge is 0.0692 e. The minimum atomic E-state index is 0.130. The molecule has 0 unspecified atom stereocenters. The summed E-state index contributed by atoms with van der Waals surface area (Å²) in [6.07, 6.45) is 5.46. The summed E-state index contributed by atoms with van der Waals surface area (Å²) < 4.78 is 6.24. The minimum Gasteiger partial charge on any atom is -0.372 e. The van der Waals surface area contributed by atoms with Gasteiger partial charge in [-0.3, -0.25) is 0 Å². The van der Waals surface area contributed by atoms with Crippen LogP contribution in [0.1, 0.15) is 53.4 Å². The van der Waals surface area contributed by atoms with Crippen LogP contribution in [0, 0.1) is 11.3 Å². The molecule has 1 aliphatic heterocycles. The van der Waals surface area contributed by atoms with Crippen molar-refractivity contribution in [3.8, 4) is 0 Å². The normalized spacial score (nSPS) is 49.8. The topological polar surface area (TPSA) is 9.23 Å². The van der Waals surface area contributed by atoms with Crippen LogP contribution in [-0.4, -0.2) is 16.5 Å². The fourth-order valence-corrected chi connectivity index (χ4v) is 4.25. The molecule has 4 atom stereocenters. The van der Waals surface area contributed by atoms with E-state index in [1.807, 2.05) is 0 Å². The number of ether oxygens (including phenoxy) is 1. The molecule has 2 fully saturated rings. The van der Waals surface area contributed by atoms with E-state index >= 15 is 0 Å². The lowest BCUT2D eigenvalue weighted by Crippen LogP contribution is -2.56. The fraction of sp³-hybridized carbons (Fsp3) is 1.00. The van der Waals surface area contributed by atoms with Gasteiger partial charge in [0.05, 0.1) is 11.7 Å². The first-order valence-corrected chi connectivity index (χ1v) is 7.10. The molecule has 15 heavy (non-hydrogen) atoms. The average molecular weight is 275 g/mol. The Morgan fingerprint density at radius 3 is 2.47 bits per heavy atom. The van der Waals surface area contributed by atoms with E-state index in [2.05, 4.69) is 43.6 Å². The van der Waals surface area contributed by atoms with Crippen molar-refractivity contribution >= 4 is 15.9 Å². The predicted molar refractivity (Wildman–Crippen MR) is 67.4 cm³/mol. The third kappa shape index (κ3) is 1.88. The van der Waals surface area contributed by atoms with Gasteiger partial charge in [0.25, 0.3) is 0 Å². The van der Waals surface area contributed by atoms with Crippen LogP contribution in [0.15, 0.2) is 0 Å². The number of fused-ring (bicyclic) bond motifs is 1. The maximum absolute atomic E-state index is 6.24. The summed E-state index contributed by atoms with van der Waals surface area (Å²) in [6, 6.07) is 0. The van der Waals surface area contributed by atoms with Gasteiger partial charge in [-0.15, -0.1) is 0 Å². The number of halogens is 1. The largest absolute Gasteiger partial charge is 0.372 e. The predicted octanol–water partition coefficient (Wildman–Crippen LogP) is 4.14. The number of hydrogen-bond donors (Lipinski definition) is 0. The molecule has 1 saturated carbocycles. The third-order valence-electron chi connectivity index (χ3n) is 4.67. The van der Waals surface area contributed by atoms with Crippen molar-refractivity contribution in [3.63, 3.8) is 0 Å². The monoisotopic (exact) mass is 274 g/mol. The second-order valence-corrected chi connectivity index (χ2v) is 7.30. The molecule has 88 valence electrons. The van der Waals surface area contributed by atoms with Gasteiger partial charge in [0.2, 0.25) is 0 Å². The van der Waals surface area contributed by atoms with Crippen molar-refractivity contribution in [1.82, 2.24) is 0 Å². The van der Waals surface area contributed by atoms with Crippen molar-refractivity contribution in [2.24, 2.45) is 11.3 Å². The molecule has 1 aliphatic carbocycles. The van der Waals surface area contributed by atoms with Crippen LogP contribution < -0.4 is 0 Å². The maximum atomic E-state index is 6.24. The molecule has 0 aromatic rings. The highest BCUT2D eigenvalue weighted by Gasteiger charge is 2.53. The number of alkyl halides is 1. The molecule has 0 aromatic carbocycles. The highest BCUT2D eigenvalue weighted by atomic mass is 79.9. The van der Waals surface area contributed by atoms with Gasteiger partial charge in [0.1, 0.15) is 0 Å². The molecule has 0 N–H and O–H groups in total. The van der Waals surface area contributed by atoms with Crippen molar-refractivity contribution < 1.29 is 4.74 Å². The Balaban J connectivity index is 2.25. The Bertz CT molecular complexity index is 251. The van der Waals surface area contributed by atoms with E-state index in [0.29, 0.717) is 22.3 Å². The van der Waals surface area contributed by atoms with E-state index in [9.17, 15) is 0 Å². The van der Waals surface area contributed by atoms with Gasteiger partial charge in [-0.2, -0.15) is 0 Å². The maximum Gasteiger partial charge on any atom is 0.0692 e. The second-order valence-electron chi connectivity index (χ2n) is 6.20. The molecule has 2 heteroatoms. The molecule has 1 heterocycles. The summed E-state index contributed by atoms with van der Waals surface area (Å²) in [6.45, 7) is 9.34. The summed E-state index contributed by atoms with van der Waals surface area (Å²) in [5, 5.41) is 0. The molecule has 2 aliphatic rings. The van der Waals surface area contributed by atoms with E-state index in [-0.39, 0.29) is 5.60 Å². The lowest BCUT2D eigenvalue weighted by molar-refractivity contribution is -0.191. The summed E-state index contributed by atoms with van der Waals surface area (Å²) in [5.74, 6) is 0.708. The molecule has 0 bridgehead atoms. The Kier molecular flexibility index (Phi) is 2.96. The Morgan fingerprint density at radius 1 is 1.13 bits per heavy atom. The fourth-order valence-electron chi connectivity index (χ4n) is 3.70. The number of rotatable bonds is 0. The summed E-state index contributed by atoms with van der Waals surface area (Å²) in [5.41, 5.74) is 0.499. The van der Waals surface area contributed by atoms with Crippen LogP contribution in [0.4, 0.5) is 0 Å². The van der Waals surface area contributed by atoms with E-state index in [1.165, 1.54) is 25.7 Å². The zero-order chi connectivity index (χ0) is 11.3. The van der Waals surface area contributed by atoms with Crippen LogP contribution >= 0.6 is 15.9 Å². The van der Waals surface area contributed by atoms with E-state index in [4.69, 9.17) is 4.74 Å². The summed E-state index contributed by atoms with van der Waals surface area (Å²) in [4.78, 5) is 0.653. The SMILES string of the molecule is C[C@@H]1CC[C@H]2C(C)(C)[C@@H](Br)CC[C@]2(C)O1. The lowest BCUT2D eigenvalue weighted by Gasteiger charge is -2.56. The number of hydrogen-bond acceptors (Lipinski definition) is 1. The first kappa shape index (κ1) is 11.9. The van der Waals surface area contributed by atoms with E-state index < -0.39 is 0 Å². The van der Waals surface area contributed by atoms with Crippen molar-refractivity contribution in [2.45, 2.75) is 69.9 Å². The molecule has 0 aromatic heterocycles. The summed E-state index contributed by atoms with van der Waals surface area (Å²) >= 11 is 3.86. The first-order chi connectivity index (χ1) is 6.86. The molecular weight excluding hydrogens is 252 g/mol. The van der Waals surface area contributed by atoms with Crippen LogP contribution in [0.3, 0.4) is 0 Å². The van der Waals surface area contributed by atoms with Crippen LogP contribution in [-0.2, 0) is 4.74 Å². The van der Waals surface area contributed by atoms with Gasteiger partial charge in [-0.05, 0) is 50.9 Å². The minimum absolute atomic E-state index is 0.130. The first-order valence-electron chi connectivity index (χ1n) is 6.18. The van der Waals surface area contributed by atoms with Gasteiger partial charge >= 0.3 is 0 Å². The van der Waals surface area contributed by atoms with Crippen LogP contribution in [0.2, 0.25) is 0 Å². The Labute approximate surface area is 102 Å². The van der Waals surface area contributed by atoms with E-state index in [0.717, 1.165) is 0 Å². The van der Waals surface area contributed by atoms with E-state index in [1.54, 1.807) is 0 Å². The van der Waals surface area contributed by atoms with Gasteiger partial charge < -0.3 is 4.74 Å². The van der Waals surface area contributed by atoms with Crippen LogP contribution in [0.25, 0.3) is 0 Å². The molecule has 0 radical (unpaired) electrons. The quantitative estimate of drug-likeness (QED) is 0.604. The zero-order valence-electron chi connectivity index (χ0n) is 10.3. The Morgan fingerprint density at radius 2 is 1.80 bits per heavy atom. The van der Waals surface area contributed by atoms with Crippen molar-refractivity contribution in [1.29, 1.82) is 0 Å². The lowest BCUT2D eigenvalue weighted by atomic mass is 9.59. The summed E-state index contributed by atoms with van der Waals surface area (Å²) in [7, 11) is 0. The van der Waals surface area contributed by atoms with Gasteiger partial charge in [-0.25, -0.2) is 0 Å². The molecule has 1 nitrogen and oxygen atoms in total. The third-order valence-corrected chi connectivity index (χ3v) is 6.31. The Hall–Kier alpha value is 0.440. The highest BCUT2D eigenvalue weighted by molar-refractivity contribution is 9.09. The van der Waals surface area contributed by atoms with Crippen molar-refractivity contribution in [2.75, 3.05) is 0 Å². The van der Waals surface area contributed by atoms with Gasteiger partial charge in [-0.1, -0.05) is 29.8 Å². The second kappa shape index (κ2) is 3.73. The zero-order valence-corrected chi connectivity index (χ0v) is 11.9. The van der Waals surface area contributed by atoms with Crippen LogP contribution in [0.5, 0.6) is 0 Å². The standard InChI is InChI=1S/C13H23BrO/c1-9-5-6-10-12(2,3)11(14)7-8-13(10,4)15-9/h9-11H,5-8H2,1-4H3/t9-,10+,11+,13+/m1/s1. The molecule has 1 saturated heterocycles. The molecule has 0 amide bonds. The molecular formula is C13H23BrO. The van der Waals surface area contributed by atoms with Gasteiger partial charge in [0, 0.05) is 4.83 Å². The molecule has 0 spiro atoms. The highest BCUT2D eigenvalue weighted by Crippen LogP contribution is 2.54. The van der Waals surface area contributed by atoms with Gasteiger partial charge in [0.15, 0.2) is 0 Å². The molecule has 2 rings (SSSR count). The van der Waals surface area contributed by atoms with Crippen molar-refractivity contribution in [3.05, 3.63) is 0 Å². The average Bonchev–Trinajstić information content (AvgIpc) is 2.11.